The van der Waals surface area contributed by atoms with Gasteiger partial charge in [-0.05, 0) is 54.8 Å². The van der Waals surface area contributed by atoms with Crippen LogP contribution in [-0.2, 0) is 11.0 Å². The number of aromatic nitrogens is 3. The van der Waals surface area contributed by atoms with E-state index in [9.17, 15) is 18.0 Å². The lowest BCUT2D eigenvalue weighted by molar-refractivity contribution is -0.141. The predicted octanol–water partition coefficient (Wildman–Crippen LogP) is 4.30. The monoisotopic (exact) mass is 442 g/mol. The number of alkyl halides is 3. The second-order valence-corrected chi connectivity index (χ2v) is 7.59. The number of hydrogen-bond acceptors (Lipinski definition) is 6. The van der Waals surface area contributed by atoms with Gasteiger partial charge in [-0.25, -0.2) is 15.0 Å². The van der Waals surface area contributed by atoms with Gasteiger partial charge in [0.2, 0.25) is 11.9 Å². The van der Waals surface area contributed by atoms with Crippen LogP contribution in [0.15, 0.2) is 48.8 Å². The van der Waals surface area contributed by atoms with Crippen molar-refractivity contribution >= 4 is 23.4 Å². The van der Waals surface area contributed by atoms with Gasteiger partial charge in [-0.2, -0.15) is 13.2 Å². The molecular weight excluding hydrogens is 421 g/mol. The molecule has 0 spiro atoms. The maximum Gasteiger partial charge on any atom is 0.433 e. The highest BCUT2D eigenvalue weighted by Gasteiger charge is 2.32. The van der Waals surface area contributed by atoms with E-state index in [1.165, 1.54) is 0 Å². The molecule has 1 aliphatic rings. The van der Waals surface area contributed by atoms with Crippen LogP contribution in [0, 0.1) is 6.92 Å². The maximum atomic E-state index is 12.9. The highest BCUT2D eigenvalue weighted by molar-refractivity contribution is 5.78. The Morgan fingerprint density at radius 2 is 1.97 bits per heavy atom. The summed E-state index contributed by atoms with van der Waals surface area (Å²) < 4.78 is 38.7. The van der Waals surface area contributed by atoms with Gasteiger partial charge in [0.1, 0.15) is 11.5 Å². The van der Waals surface area contributed by atoms with E-state index in [-0.39, 0.29) is 17.9 Å². The third kappa shape index (κ3) is 5.32. The maximum absolute atomic E-state index is 12.9. The highest BCUT2D eigenvalue weighted by atomic mass is 19.4. The number of anilines is 3. The molecule has 0 aliphatic carbocycles. The molecule has 3 heterocycles. The first kappa shape index (κ1) is 21.5. The third-order valence-electron chi connectivity index (χ3n) is 4.99. The fraction of sp³-hybridized carbons (Fsp3) is 0.273. The summed E-state index contributed by atoms with van der Waals surface area (Å²) in [5, 5.41) is 8.95. The quantitative estimate of drug-likeness (QED) is 0.527. The SMILES string of the molecule is Cc1cc(Nc2nccc(C(F)(F)F)n2)cc(-c2ccc(NCC3CCC(=O)N3)nc2)c1. The highest BCUT2D eigenvalue weighted by Crippen LogP contribution is 2.29. The van der Waals surface area contributed by atoms with Crippen molar-refractivity contribution in [2.24, 2.45) is 0 Å². The Morgan fingerprint density at radius 3 is 2.66 bits per heavy atom. The van der Waals surface area contributed by atoms with Crippen molar-refractivity contribution in [2.45, 2.75) is 32.0 Å². The van der Waals surface area contributed by atoms with Crippen molar-refractivity contribution in [1.82, 2.24) is 20.3 Å². The predicted molar refractivity (Wildman–Crippen MR) is 114 cm³/mol. The van der Waals surface area contributed by atoms with E-state index >= 15 is 0 Å². The zero-order valence-corrected chi connectivity index (χ0v) is 17.2. The molecule has 0 saturated carbocycles. The molecule has 7 nitrogen and oxygen atoms in total. The first-order chi connectivity index (χ1) is 15.3. The van der Waals surface area contributed by atoms with Crippen molar-refractivity contribution in [3.63, 3.8) is 0 Å². The summed E-state index contributed by atoms with van der Waals surface area (Å²) in [6, 6.07) is 10.2. The first-order valence-corrected chi connectivity index (χ1v) is 10.0. The number of carbonyl (C=O) groups is 1. The molecule has 0 bridgehead atoms. The molecule has 2 aromatic heterocycles. The summed E-state index contributed by atoms with van der Waals surface area (Å²) in [7, 11) is 0. The second-order valence-electron chi connectivity index (χ2n) is 7.59. The number of amides is 1. The van der Waals surface area contributed by atoms with Crippen molar-refractivity contribution in [2.75, 3.05) is 17.2 Å². The standard InChI is InChI=1S/C22H21F3N6O/c1-13-8-15(10-17(9-13)30-21-26-7-6-18(31-21)22(23,24)25)14-2-4-19(27-11-14)28-12-16-3-5-20(32)29-16/h2,4,6-11,16H,3,5,12H2,1H3,(H,27,28)(H,29,32)(H,26,30,31). The summed E-state index contributed by atoms with van der Waals surface area (Å²) in [5.41, 5.74) is 2.17. The van der Waals surface area contributed by atoms with E-state index < -0.39 is 11.9 Å². The molecule has 1 fully saturated rings. The van der Waals surface area contributed by atoms with Crippen LogP contribution in [-0.4, -0.2) is 33.4 Å². The molecular formula is C22H21F3N6O. The van der Waals surface area contributed by atoms with Crippen molar-refractivity contribution in [1.29, 1.82) is 0 Å². The molecule has 0 radical (unpaired) electrons. The molecule has 3 N–H and O–H groups in total. The minimum Gasteiger partial charge on any atom is -0.368 e. The summed E-state index contributed by atoms with van der Waals surface area (Å²) in [6.07, 6.45) is -0.398. The van der Waals surface area contributed by atoms with E-state index in [2.05, 4.69) is 30.9 Å². The minimum absolute atomic E-state index is 0.0690. The number of nitrogens with one attached hydrogen (secondary N) is 3. The Labute approximate surface area is 182 Å². The third-order valence-corrected chi connectivity index (χ3v) is 4.99. The molecule has 10 heteroatoms. The zero-order chi connectivity index (χ0) is 22.7. The van der Waals surface area contributed by atoms with Crippen LogP contribution in [0.1, 0.15) is 24.1 Å². The number of rotatable bonds is 6. The van der Waals surface area contributed by atoms with Gasteiger partial charge in [-0.15, -0.1) is 0 Å². The van der Waals surface area contributed by atoms with E-state index in [1.54, 1.807) is 18.3 Å². The lowest BCUT2D eigenvalue weighted by Crippen LogP contribution is -2.31. The van der Waals surface area contributed by atoms with Crippen molar-refractivity contribution in [3.8, 4) is 11.1 Å². The number of nitrogens with zero attached hydrogens (tertiary/aromatic N) is 3. The van der Waals surface area contributed by atoms with Gasteiger partial charge in [0, 0.05) is 42.7 Å². The fourth-order valence-corrected chi connectivity index (χ4v) is 3.46. The number of aryl methyl sites for hydroxylation is 1. The Morgan fingerprint density at radius 1 is 1.12 bits per heavy atom. The van der Waals surface area contributed by atoms with Crippen LogP contribution in [0.2, 0.25) is 0 Å². The van der Waals surface area contributed by atoms with Crippen LogP contribution in [0.25, 0.3) is 11.1 Å². The van der Waals surface area contributed by atoms with Crippen LogP contribution >= 0.6 is 0 Å². The molecule has 1 aliphatic heterocycles. The Bertz CT molecular complexity index is 1120. The average molecular weight is 442 g/mol. The van der Waals surface area contributed by atoms with Gasteiger partial charge in [-0.1, -0.05) is 6.07 Å². The average Bonchev–Trinajstić information content (AvgIpc) is 3.17. The van der Waals surface area contributed by atoms with E-state index in [0.717, 1.165) is 35.4 Å². The van der Waals surface area contributed by atoms with Crippen LogP contribution in [0.5, 0.6) is 0 Å². The molecule has 1 aromatic carbocycles. The van der Waals surface area contributed by atoms with Crippen molar-refractivity contribution in [3.05, 3.63) is 60.0 Å². The van der Waals surface area contributed by atoms with Gasteiger partial charge in [-0.3, -0.25) is 4.79 Å². The van der Waals surface area contributed by atoms with Crippen LogP contribution < -0.4 is 16.0 Å². The summed E-state index contributed by atoms with van der Waals surface area (Å²) in [4.78, 5) is 23.1. The van der Waals surface area contributed by atoms with E-state index in [0.29, 0.717) is 24.5 Å². The zero-order valence-electron chi connectivity index (χ0n) is 17.2. The summed E-state index contributed by atoms with van der Waals surface area (Å²) >= 11 is 0. The Kier molecular flexibility index (Phi) is 5.93. The van der Waals surface area contributed by atoms with Gasteiger partial charge in [0.05, 0.1) is 0 Å². The number of benzene rings is 1. The van der Waals surface area contributed by atoms with Gasteiger partial charge in [0.25, 0.3) is 0 Å². The number of hydrogen-bond donors (Lipinski definition) is 3. The van der Waals surface area contributed by atoms with Crippen LogP contribution in [0.4, 0.5) is 30.6 Å². The minimum atomic E-state index is -4.54. The Balaban J connectivity index is 1.47. The molecule has 1 saturated heterocycles. The summed E-state index contributed by atoms with van der Waals surface area (Å²) in [6.45, 7) is 2.49. The van der Waals surface area contributed by atoms with Gasteiger partial charge < -0.3 is 16.0 Å². The molecule has 32 heavy (non-hydrogen) atoms. The smallest absolute Gasteiger partial charge is 0.368 e. The topological polar surface area (TPSA) is 91.8 Å². The largest absolute Gasteiger partial charge is 0.433 e. The first-order valence-electron chi connectivity index (χ1n) is 10.0. The normalized spacial score (nSPS) is 16.0. The van der Waals surface area contributed by atoms with E-state index in [1.807, 2.05) is 25.1 Å². The molecule has 1 atom stereocenters. The van der Waals surface area contributed by atoms with Crippen molar-refractivity contribution < 1.29 is 18.0 Å². The summed E-state index contributed by atoms with van der Waals surface area (Å²) in [5.74, 6) is 0.630. The van der Waals surface area contributed by atoms with Crippen LogP contribution in [0.3, 0.4) is 0 Å². The number of halogens is 3. The fourth-order valence-electron chi connectivity index (χ4n) is 3.46. The van der Waals surface area contributed by atoms with Gasteiger partial charge in [0.15, 0.2) is 0 Å². The lowest BCUT2D eigenvalue weighted by Gasteiger charge is -2.13. The van der Waals surface area contributed by atoms with Gasteiger partial charge >= 0.3 is 6.18 Å². The number of carbonyl (C=O) groups excluding carboxylic acids is 1. The second kappa shape index (κ2) is 8.81. The molecule has 1 amide bonds. The lowest BCUT2D eigenvalue weighted by atomic mass is 10.0. The molecule has 1 unspecified atom stereocenters. The molecule has 166 valence electrons. The molecule has 4 rings (SSSR count). The van der Waals surface area contributed by atoms with E-state index in [4.69, 9.17) is 0 Å². The Hall–Kier alpha value is -3.69. The molecule has 3 aromatic rings. The number of pyridine rings is 1.